The zero-order valence-corrected chi connectivity index (χ0v) is 16.8. The van der Waals surface area contributed by atoms with E-state index in [1.165, 1.54) is 0 Å². The van der Waals surface area contributed by atoms with Crippen molar-refractivity contribution in [1.82, 2.24) is 9.88 Å². The molecule has 8 nitrogen and oxygen atoms in total. The number of carbonyl (C=O) groups is 2. The summed E-state index contributed by atoms with van der Waals surface area (Å²) in [5.41, 5.74) is 2.08. The first-order valence-corrected chi connectivity index (χ1v) is 9.67. The van der Waals surface area contributed by atoms with Crippen LogP contribution in [-0.4, -0.2) is 61.3 Å². The van der Waals surface area contributed by atoms with Crippen molar-refractivity contribution in [3.8, 4) is 5.75 Å². The van der Waals surface area contributed by atoms with Crippen molar-refractivity contribution in [1.29, 1.82) is 0 Å². The maximum absolute atomic E-state index is 12.1. The first-order chi connectivity index (χ1) is 14.0. The fourth-order valence-electron chi connectivity index (χ4n) is 2.97. The normalized spacial score (nSPS) is 13.7. The Balaban J connectivity index is 1.45. The third-order valence-corrected chi connectivity index (χ3v) is 4.58. The predicted molar refractivity (Wildman–Crippen MR) is 110 cm³/mol. The maximum Gasteiger partial charge on any atom is 0.409 e. The maximum atomic E-state index is 12.1. The van der Waals surface area contributed by atoms with Crippen LogP contribution >= 0.6 is 0 Å². The van der Waals surface area contributed by atoms with E-state index in [4.69, 9.17) is 9.47 Å². The number of hydrogen-bond acceptors (Lipinski definition) is 6. The third-order valence-electron chi connectivity index (χ3n) is 4.58. The Morgan fingerprint density at radius 1 is 1.07 bits per heavy atom. The number of nitrogens with one attached hydrogen (secondary N) is 1. The van der Waals surface area contributed by atoms with Crippen molar-refractivity contribution >= 4 is 23.5 Å². The smallest absolute Gasteiger partial charge is 0.409 e. The Kier molecular flexibility index (Phi) is 6.89. The summed E-state index contributed by atoms with van der Waals surface area (Å²) in [5, 5.41) is 2.73. The van der Waals surface area contributed by atoms with Crippen LogP contribution in [0.2, 0.25) is 0 Å². The summed E-state index contributed by atoms with van der Waals surface area (Å²) in [5.74, 6) is 0.848. The van der Waals surface area contributed by atoms with Gasteiger partial charge in [0.15, 0.2) is 6.61 Å². The molecule has 0 bridgehead atoms. The number of ether oxygens (including phenoxy) is 2. The lowest BCUT2D eigenvalue weighted by Crippen LogP contribution is -2.49. The Morgan fingerprint density at radius 3 is 2.41 bits per heavy atom. The van der Waals surface area contributed by atoms with Gasteiger partial charge in [0.1, 0.15) is 11.6 Å². The van der Waals surface area contributed by atoms with Gasteiger partial charge in [-0.05, 0) is 38.1 Å². The number of pyridine rings is 1. The molecule has 1 aromatic carbocycles. The van der Waals surface area contributed by atoms with Gasteiger partial charge in [-0.3, -0.25) is 4.79 Å². The van der Waals surface area contributed by atoms with E-state index >= 15 is 0 Å². The summed E-state index contributed by atoms with van der Waals surface area (Å²) < 4.78 is 10.5. The molecular weight excluding hydrogens is 372 g/mol. The highest BCUT2D eigenvalue weighted by Crippen LogP contribution is 2.18. The fraction of sp³-hybridized carbons (Fsp3) is 0.381. The summed E-state index contributed by atoms with van der Waals surface area (Å²) in [6.45, 7) is 6.71. The molecule has 1 aliphatic rings. The molecule has 3 rings (SSSR count). The minimum absolute atomic E-state index is 0.0810. The van der Waals surface area contributed by atoms with Crippen molar-refractivity contribution in [2.75, 3.05) is 49.6 Å². The molecule has 1 aliphatic heterocycles. The van der Waals surface area contributed by atoms with Crippen molar-refractivity contribution < 1.29 is 19.1 Å². The molecule has 0 saturated carbocycles. The molecule has 154 valence electrons. The van der Waals surface area contributed by atoms with Crippen LogP contribution in [0.4, 0.5) is 16.3 Å². The molecule has 1 fully saturated rings. The monoisotopic (exact) mass is 398 g/mol. The highest BCUT2D eigenvalue weighted by atomic mass is 16.6. The van der Waals surface area contributed by atoms with Crippen LogP contribution in [0.15, 0.2) is 42.6 Å². The molecule has 1 N–H and O–H groups in total. The Bertz CT molecular complexity index is 816. The zero-order chi connectivity index (χ0) is 20.6. The first-order valence-electron chi connectivity index (χ1n) is 9.67. The SMILES string of the molecule is CCOC(=O)N1CCN(c2ccc(NC(=O)COc3ccc(C)cc3)nc2)CC1. The molecular formula is C21H26N4O4. The Morgan fingerprint density at radius 2 is 1.79 bits per heavy atom. The lowest BCUT2D eigenvalue weighted by Gasteiger charge is -2.35. The molecule has 29 heavy (non-hydrogen) atoms. The number of piperazine rings is 1. The molecule has 0 radical (unpaired) electrons. The zero-order valence-electron chi connectivity index (χ0n) is 16.8. The fourth-order valence-corrected chi connectivity index (χ4v) is 2.97. The van der Waals surface area contributed by atoms with E-state index < -0.39 is 0 Å². The quantitative estimate of drug-likeness (QED) is 0.805. The molecule has 2 aromatic rings. The van der Waals surface area contributed by atoms with Crippen LogP contribution in [0, 0.1) is 6.92 Å². The van der Waals surface area contributed by atoms with Crippen LogP contribution in [0.25, 0.3) is 0 Å². The van der Waals surface area contributed by atoms with Gasteiger partial charge in [-0.1, -0.05) is 17.7 Å². The number of aromatic nitrogens is 1. The molecule has 0 spiro atoms. The average Bonchev–Trinajstić information content (AvgIpc) is 2.74. The van der Waals surface area contributed by atoms with E-state index in [9.17, 15) is 9.59 Å². The van der Waals surface area contributed by atoms with Crippen LogP contribution in [-0.2, 0) is 9.53 Å². The summed E-state index contributed by atoms with van der Waals surface area (Å²) in [6, 6.07) is 11.2. The summed E-state index contributed by atoms with van der Waals surface area (Å²) in [4.78, 5) is 32.0. The van der Waals surface area contributed by atoms with Gasteiger partial charge in [-0.2, -0.15) is 0 Å². The first kappa shape index (κ1) is 20.4. The number of nitrogens with zero attached hydrogens (tertiary/aromatic N) is 3. The number of anilines is 2. The second kappa shape index (κ2) is 9.77. The molecule has 1 aromatic heterocycles. The van der Waals surface area contributed by atoms with Gasteiger partial charge in [0.2, 0.25) is 0 Å². The second-order valence-electron chi connectivity index (χ2n) is 6.72. The van der Waals surface area contributed by atoms with Crippen LogP contribution in [0.3, 0.4) is 0 Å². The lowest BCUT2D eigenvalue weighted by atomic mass is 10.2. The molecule has 2 amide bonds. The number of aryl methyl sites for hydroxylation is 1. The van der Waals surface area contributed by atoms with E-state index in [2.05, 4.69) is 15.2 Å². The van der Waals surface area contributed by atoms with Crippen molar-refractivity contribution in [2.24, 2.45) is 0 Å². The van der Waals surface area contributed by atoms with Gasteiger partial charge in [0.05, 0.1) is 18.5 Å². The van der Waals surface area contributed by atoms with Crippen molar-refractivity contribution in [3.63, 3.8) is 0 Å². The van der Waals surface area contributed by atoms with Crippen molar-refractivity contribution in [3.05, 3.63) is 48.2 Å². The summed E-state index contributed by atoms with van der Waals surface area (Å²) in [7, 11) is 0. The van der Waals surface area contributed by atoms with E-state index in [0.29, 0.717) is 44.4 Å². The molecule has 8 heteroatoms. The highest BCUT2D eigenvalue weighted by molar-refractivity contribution is 5.91. The summed E-state index contributed by atoms with van der Waals surface area (Å²) >= 11 is 0. The van der Waals surface area contributed by atoms with E-state index in [1.54, 1.807) is 24.1 Å². The minimum Gasteiger partial charge on any atom is -0.484 e. The number of hydrogen-bond donors (Lipinski definition) is 1. The number of amides is 2. The molecule has 1 saturated heterocycles. The molecule has 0 atom stereocenters. The van der Waals surface area contributed by atoms with Gasteiger partial charge in [-0.15, -0.1) is 0 Å². The Labute approximate surface area is 170 Å². The third kappa shape index (κ3) is 5.84. The van der Waals surface area contributed by atoms with Crippen LogP contribution < -0.4 is 15.0 Å². The molecule has 0 unspecified atom stereocenters. The molecule has 0 aliphatic carbocycles. The second-order valence-corrected chi connectivity index (χ2v) is 6.72. The molecule has 2 heterocycles. The van der Waals surface area contributed by atoms with Gasteiger partial charge in [-0.25, -0.2) is 9.78 Å². The standard InChI is InChI=1S/C21H26N4O4/c1-3-28-21(27)25-12-10-24(11-13-25)17-6-9-19(22-14-17)23-20(26)15-29-18-7-4-16(2)5-8-18/h4-9,14H,3,10-13,15H2,1-2H3,(H,22,23,26). The Hall–Kier alpha value is -3.29. The van der Waals surface area contributed by atoms with Gasteiger partial charge >= 0.3 is 6.09 Å². The number of rotatable bonds is 6. The van der Waals surface area contributed by atoms with Crippen LogP contribution in [0.1, 0.15) is 12.5 Å². The number of carbonyl (C=O) groups excluding carboxylic acids is 2. The van der Waals surface area contributed by atoms with E-state index in [1.807, 2.05) is 37.3 Å². The van der Waals surface area contributed by atoms with E-state index in [-0.39, 0.29) is 18.6 Å². The largest absolute Gasteiger partial charge is 0.484 e. The summed E-state index contributed by atoms with van der Waals surface area (Å²) in [6.07, 6.45) is 1.45. The predicted octanol–water partition coefficient (Wildman–Crippen LogP) is 2.69. The van der Waals surface area contributed by atoms with E-state index in [0.717, 1.165) is 11.3 Å². The highest BCUT2D eigenvalue weighted by Gasteiger charge is 2.22. The number of benzene rings is 1. The van der Waals surface area contributed by atoms with Gasteiger partial charge in [0.25, 0.3) is 5.91 Å². The van der Waals surface area contributed by atoms with Crippen molar-refractivity contribution in [2.45, 2.75) is 13.8 Å². The topological polar surface area (TPSA) is 84.0 Å². The van der Waals surface area contributed by atoms with Crippen LogP contribution in [0.5, 0.6) is 5.75 Å². The van der Waals surface area contributed by atoms with Gasteiger partial charge < -0.3 is 24.6 Å². The minimum atomic E-state index is -0.270. The van der Waals surface area contributed by atoms with Gasteiger partial charge in [0, 0.05) is 26.2 Å². The average molecular weight is 398 g/mol. The lowest BCUT2D eigenvalue weighted by molar-refractivity contribution is -0.118.